The molecule has 0 bridgehead atoms. The summed E-state index contributed by atoms with van der Waals surface area (Å²) in [5.41, 5.74) is 2.54. The zero-order chi connectivity index (χ0) is 19.5. The lowest BCUT2D eigenvalue weighted by atomic mass is 10.2. The standard InChI is InChI=1S/C26H22NOSi/c1-3-11-21(12-4-1)29(22-13-5-2-6-14-22)28-20-19-27-25-17-9-7-15-23(25)24-16-8-10-18-26(24)27/h1-18H,19-20H2. The maximum atomic E-state index is 6.57. The van der Waals surface area contributed by atoms with E-state index < -0.39 is 9.04 Å². The van der Waals surface area contributed by atoms with Gasteiger partial charge in [0.25, 0.3) is 9.04 Å². The first-order valence-electron chi connectivity index (χ1n) is 9.98. The Morgan fingerprint density at radius 3 is 1.52 bits per heavy atom. The van der Waals surface area contributed by atoms with Crippen LogP contribution in [0.3, 0.4) is 0 Å². The normalized spacial score (nSPS) is 11.5. The minimum Gasteiger partial charge on any atom is -0.406 e. The number of rotatable bonds is 6. The van der Waals surface area contributed by atoms with E-state index in [1.54, 1.807) is 0 Å². The lowest BCUT2D eigenvalue weighted by Gasteiger charge is -2.17. The molecule has 0 saturated carbocycles. The summed E-state index contributed by atoms with van der Waals surface area (Å²) in [5, 5.41) is 5.18. The molecule has 141 valence electrons. The van der Waals surface area contributed by atoms with Crippen molar-refractivity contribution in [2.75, 3.05) is 6.61 Å². The largest absolute Gasteiger partial charge is 0.406 e. The first kappa shape index (κ1) is 17.9. The lowest BCUT2D eigenvalue weighted by molar-refractivity contribution is 0.316. The van der Waals surface area contributed by atoms with E-state index in [4.69, 9.17) is 4.43 Å². The smallest absolute Gasteiger partial charge is 0.282 e. The summed E-state index contributed by atoms with van der Waals surface area (Å²) in [7, 11) is -1.27. The first-order valence-corrected chi connectivity index (χ1v) is 11.4. The van der Waals surface area contributed by atoms with Gasteiger partial charge in [-0.15, -0.1) is 0 Å². The Hall–Kier alpha value is -3.14. The second-order valence-corrected chi connectivity index (χ2v) is 9.20. The second kappa shape index (κ2) is 8.07. The number of para-hydroxylation sites is 2. The Bertz CT molecular complexity index is 1140. The molecule has 5 rings (SSSR count). The average Bonchev–Trinajstić information content (AvgIpc) is 3.12. The molecule has 1 heterocycles. The summed E-state index contributed by atoms with van der Waals surface area (Å²) in [6.07, 6.45) is 0. The van der Waals surface area contributed by atoms with Crippen molar-refractivity contribution in [1.29, 1.82) is 0 Å². The van der Waals surface area contributed by atoms with Crippen molar-refractivity contribution in [3.63, 3.8) is 0 Å². The zero-order valence-electron chi connectivity index (χ0n) is 16.2. The molecular formula is C26H22NOSi. The number of benzene rings is 4. The molecule has 3 heteroatoms. The van der Waals surface area contributed by atoms with Gasteiger partial charge in [-0.25, -0.2) is 0 Å². The highest BCUT2D eigenvalue weighted by Gasteiger charge is 2.19. The van der Waals surface area contributed by atoms with E-state index in [0.717, 1.165) is 6.54 Å². The molecule has 2 nitrogen and oxygen atoms in total. The van der Waals surface area contributed by atoms with Crippen molar-refractivity contribution in [2.45, 2.75) is 6.54 Å². The fourth-order valence-corrected chi connectivity index (χ4v) is 5.95. The van der Waals surface area contributed by atoms with Gasteiger partial charge in [-0.3, -0.25) is 0 Å². The molecule has 0 aliphatic carbocycles. The summed E-state index contributed by atoms with van der Waals surface area (Å²) < 4.78 is 8.96. The number of nitrogens with zero attached hydrogens (tertiary/aromatic N) is 1. The molecule has 0 N–H and O–H groups in total. The minimum absolute atomic E-state index is 0.681. The van der Waals surface area contributed by atoms with Crippen LogP contribution in [-0.2, 0) is 11.0 Å². The van der Waals surface area contributed by atoms with Crippen molar-refractivity contribution in [2.24, 2.45) is 0 Å². The van der Waals surface area contributed by atoms with Gasteiger partial charge in [0.05, 0.1) is 6.61 Å². The molecule has 1 radical (unpaired) electrons. The van der Waals surface area contributed by atoms with E-state index in [2.05, 4.69) is 114 Å². The van der Waals surface area contributed by atoms with Crippen LogP contribution in [0.4, 0.5) is 0 Å². The van der Waals surface area contributed by atoms with Gasteiger partial charge in [-0.05, 0) is 22.5 Å². The molecule has 0 fully saturated rings. The van der Waals surface area contributed by atoms with Gasteiger partial charge >= 0.3 is 0 Å². The van der Waals surface area contributed by atoms with Crippen LogP contribution < -0.4 is 10.4 Å². The Kier molecular flexibility index (Phi) is 4.99. The van der Waals surface area contributed by atoms with Crippen LogP contribution in [0.1, 0.15) is 0 Å². The van der Waals surface area contributed by atoms with Gasteiger partial charge < -0.3 is 8.99 Å². The zero-order valence-corrected chi connectivity index (χ0v) is 17.2. The van der Waals surface area contributed by atoms with E-state index >= 15 is 0 Å². The quantitative estimate of drug-likeness (QED) is 0.385. The van der Waals surface area contributed by atoms with Crippen LogP contribution in [-0.4, -0.2) is 20.2 Å². The predicted molar refractivity (Wildman–Crippen MR) is 123 cm³/mol. The SMILES string of the molecule is c1ccc([Si](OCCn2c3ccccc3c3ccccc32)c2ccccc2)cc1. The van der Waals surface area contributed by atoms with Gasteiger partial charge in [0.2, 0.25) is 0 Å². The van der Waals surface area contributed by atoms with Crippen LogP contribution in [0.25, 0.3) is 21.8 Å². The molecule has 1 aromatic heterocycles. The molecule has 0 spiro atoms. The highest BCUT2D eigenvalue weighted by molar-refractivity contribution is 6.80. The molecule has 29 heavy (non-hydrogen) atoms. The third kappa shape index (κ3) is 3.51. The molecule has 0 atom stereocenters. The van der Waals surface area contributed by atoms with Crippen LogP contribution in [0, 0.1) is 0 Å². The third-order valence-electron chi connectivity index (χ3n) is 5.31. The fourth-order valence-electron chi connectivity index (χ4n) is 4.00. The molecule has 4 aromatic carbocycles. The lowest BCUT2D eigenvalue weighted by Crippen LogP contribution is -2.45. The average molecular weight is 393 g/mol. The monoisotopic (exact) mass is 392 g/mol. The van der Waals surface area contributed by atoms with Crippen LogP contribution in [0.2, 0.25) is 0 Å². The summed E-state index contributed by atoms with van der Waals surface area (Å²) in [6.45, 7) is 1.52. The third-order valence-corrected chi connectivity index (χ3v) is 7.52. The van der Waals surface area contributed by atoms with Gasteiger partial charge in [0.1, 0.15) is 0 Å². The Morgan fingerprint density at radius 2 is 1.00 bits per heavy atom. The summed E-state index contributed by atoms with van der Waals surface area (Å²) >= 11 is 0. The highest BCUT2D eigenvalue weighted by Crippen LogP contribution is 2.28. The van der Waals surface area contributed by atoms with Crippen molar-refractivity contribution < 1.29 is 4.43 Å². The minimum atomic E-state index is -1.27. The van der Waals surface area contributed by atoms with Crippen molar-refractivity contribution >= 4 is 41.2 Å². The summed E-state index contributed by atoms with van der Waals surface area (Å²) in [4.78, 5) is 0. The fraction of sp³-hybridized carbons (Fsp3) is 0.0769. The van der Waals surface area contributed by atoms with Gasteiger partial charge in [0, 0.05) is 28.4 Å². The van der Waals surface area contributed by atoms with Crippen LogP contribution >= 0.6 is 0 Å². The van der Waals surface area contributed by atoms with E-state index in [1.807, 2.05) is 0 Å². The number of hydrogen-bond donors (Lipinski definition) is 0. The molecule has 0 aliphatic heterocycles. The molecular weight excluding hydrogens is 370 g/mol. The Labute approximate surface area is 172 Å². The summed E-state index contributed by atoms with van der Waals surface area (Å²) in [5.74, 6) is 0. The maximum Gasteiger partial charge on any atom is 0.282 e. The first-order chi connectivity index (χ1) is 14.4. The maximum absolute atomic E-state index is 6.57. The van der Waals surface area contributed by atoms with E-state index in [0.29, 0.717) is 6.61 Å². The second-order valence-electron chi connectivity index (χ2n) is 7.10. The predicted octanol–water partition coefficient (Wildman–Crippen LogP) is 4.62. The van der Waals surface area contributed by atoms with Crippen molar-refractivity contribution in [1.82, 2.24) is 4.57 Å². The summed E-state index contributed by atoms with van der Waals surface area (Å²) in [6, 6.07) is 38.5. The van der Waals surface area contributed by atoms with E-state index in [1.165, 1.54) is 32.2 Å². The van der Waals surface area contributed by atoms with E-state index in [-0.39, 0.29) is 0 Å². The Balaban J connectivity index is 1.45. The van der Waals surface area contributed by atoms with Crippen LogP contribution in [0.5, 0.6) is 0 Å². The molecule has 0 aliphatic rings. The Morgan fingerprint density at radius 1 is 0.552 bits per heavy atom. The van der Waals surface area contributed by atoms with Gasteiger partial charge in [0.15, 0.2) is 0 Å². The van der Waals surface area contributed by atoms with Crippen molar-refractivity contribution in [3.8, 4) is 0 Å². The van der Waals surface area contributed by atoms with Gasteiger partial charge in [-0.2, -0.15) is 0 Å². The number of hydrogen-bond acceptors (Lipinski definition) is 1. The highest BCUT2D eigenvalue weighted by atomic mass is 28.3. The molecule has 0 amide bonds. The number of fused-ring (bicyclic) bond motifs is 3. The molecule has 5 aromatic rings. The van der Waals surface area contributed by atoms with E-state index in [9.17, 15) is 0 Å². The molecule has 0 saturated heterocycles. The van der Waals surface area contributed by atoms with Gasteiger partial charge in [-0.1, -0.05) is 97.1 Å². The number of aromatic nitrogens is 1. The topological polar surface area (TPSA) is 14.2 Å². The van der Waals surface area contributed by atoms with Crippen LogP contribution in [0.15, 0.2) is 109 Å². The van der Waals surface area contributed by atoms with Crippen molar-refractivity contribution in [3.05, 3.63) is 109 Å². The molecule has 0 unspecified atom stereocenters.